The number of nitrogens with two attached hydrogens (primary N) is 1. The van der Waals surface area contributed by atoms with Gasteiger partial charge < -0.3 is 16.0 Å². The van der Waals surface area contributed by atoms with Gasteiger partial charge in [0.1, 0.15) is 0 Å². The Labute approximate surface area is 94.4 Å². The summed E-state index contributed by atoms with van der Waals surface area (Å²) in [6.07, 6.45) is 0. The van der Waals surface area contributed by atoms with Gasteiger partial charge in [-0.05, 0) is 6.92 Å². The molecule has 1 aliphatic heterocycles. The van der Waals surface area contributed by atoms with Crippen LogP contribution < -0.4 is 11.1 Å². The zero-order valence-corrected chi connectivity index (χ0v) is 9.66. The summed E-state index contributed by atoms with van der Waals surface area (Å²) in [5.74, 6) is -0.0669. The highest BCUT2D eigenvalue weighted by molar-refractivity contribution is 5.97. The average Bonchev–Trinajstić information content (AvgIpc) is 2.57. The summed E-state index contributed by atoms with van der Waals surface area (Å²) < 4.78 is 1.64. The lowest BCUT2D eigenvalue weighted by molar-refractivity contribution is 0.0730. The fraction of sp³-hybridized carbons (Fsp3) is 0.600. The van der Waals surface area contributed by atoms with Crippen molar-refractivity contribution in [1.82, 2.24) is 20.0 Å². The third kappa shape index (κ3) is 1.76. The van der Waals surface area contributed by atoms with Crippen molar-refractivity contribution in [2.75, 3.05) is 31.9 Å². The van der Waals surface area contributed by atoms with Crippen LogP contribution in [0.5, 0.6) is 0 Å². The van der Waals surface area contributed by atoms with E-state index in [2.05, 4.69) is 10.4 Å². The van der Waals surface area contributed by atoms with Gasteiger partial charge in [0.15, 0.2) is 5.69 Å². The molecule has 0 bridgehead atoms. The van der Waals surface area contributed by atoms with Crippen molar-refractivity contribution < 1.29 is 4.79 Å². The second-order valence-corrected chi connectivity index (χ2v) is 4.01. The first-order chi connectivity index (χ1) is 7.61. The van der Waals surface area contributed by atoms with E-state index in [1.54, 1.807) is 16.6 Å². The minimum absolute atomic E-state index is 0.0669. The molecule has 0 spiro atoms. The molecule has 1 aliphatic rings. The predicted molar refractivity (Wildman–Crippen MR) is 61.1 cm³/mol. The molecule has 0 radical (unpaired) electrons. The number of rotatable bonds is 1. The molecule has 6 nitrogen and oxygen atoms in total. The van der Waals surface area contributed by atoms with Gasteiger partial charge in [0.2, 0.25) is 0 Å². The molecule has 2 rings (SSSR count). The Balaban J connectivity index is 2.22. The minimum Gasteiger partial charge on any atom is -0.395 e. The Hall–Kier alpha value is -1.56. The van der Waals surface area contributed by atoms with Crippen LogP contribution >= 0.6 is 0 Å². The van der Waals surface area contributed by atoms with E-state index in [9.17, 15) is 4.79 Å². The molecule has 6 heteroatoms. The molecular formula is C10H17N5O. The van der Waals surface area contributed by atoms with Crippen molar-refractivity contribution in [3.05, 3.63) is 11.4 Å². The van der Waals surface area contributed by atoms with Crippen LogP contribution in [-0.2, 0) is 7.05 Å². The summed E-state index contributed by atoms with van der Waals surface area (Å²) in [5.41, 5.74) is 7.56. The number of carbonyl (C=O) groups is 1. The van der Waals surface area contributed by atoms with Gasteiger partial charge >= 0.3 is 0 Å². The van der Waals surface area contributed by atoms with E-state index >= 15 is 0 Å². The number of carbonyl (C=O) groups excluding carboxylic acids is 1. The lowest BCUT2D eigenvalue weighted by atomic mass is 10.2. The number of nitrogens with one attached hydrogen (secondary N) is 1. The molecule has 0 aromatic carbocycles. The Morgan fingerprint density at radius 3 is 2.56 bits per heavy atom. The molecule has 0 atom stereocenters. The van der Waals surface area contributed by atoms with E-state index in [1.807, 2.05) is 6.92 Å². The number of hydrogen-bond acceptors (Lipinski definition) is 4. The van der Waals surface area contributed by atoms with Crippen LogP contribution in [-0.4, -0.2) is 46.8 Å². The number of nitrogen functional groups attached to an aromatic ring is 1. The second-order valence-electron chi connectivity index (χ2n) is 4.01. The highest BCUT2D eigenvalue weighted by Gasteiger charge is 2.23. The third-order valence-electron chi connectivity index (χ3n) is 2.99. The zero-order chi connectivity index (χ0) is 11.7. The zero-order valence-electron chi connectivity index (χ0n) is 9.66. The van der Waals surface area contributed by atoms with Crippen LogP contribution in [0.1, 0.15) is 16.2 Å². The number of hydrogen-bond donors (Lipinski definition) is 2. The lowest BCUT2D eigenvalue weighted by Gasteiger charge is -2.26. The Morgan fingerprint density at radius 2 is 2.06 bits per heavy atom. The van der Waals surface area contributed by atoms with Crippen LogP contribution in [0.25, 0.3) is 0 Å². The predicted octanol–water partition coefficient (Wildman–Crippen LogP) is -0.644. The van der Waals surface area contributed by atoms with E-state index in [0.29, 0.717) is 24.5 Å². The topological polar surface area (TPSA) is 76.2 Å². The fourth-order valence-electron chi connectivity index (χ4n) is 1.80. The van der Waals surface area contributed by atoms with E-state index in [-0.39, 0.29) is 5.91 Å². The standard InChI is InChI=1S/C10H17N5O/c1-7-8(11)9(13-14(7)2)10(16)15-5-3-12-4-6-15/h12H,3-6,11H2,1-2H3. The first kappa shape index (κ1) is 10.9. The van der Waals surface area contributed by atoms with Gasteiger partial charge in [-0.25, -0.2) is 0 Å². The molecule has 16 heavy (non-hydrogen) atoms. The molecule has 1 saturated heterocycles. The monoisotopic (exact) mass is 223 g/mol. The van der Waals surface area contributed by atoms with Gasteiger partial charge in [-0.2, -0.15) is 5.10 Å². The van der Waals surface area contributed by atoms with Gasteiger partial charge in [-0.1, -0.05) is 0 Å². The van der Waals surface area contributed by atoms with Crippen LogP contribution in [0.2, 0.25) is 0 Å². The van der Waals surface area contributed by atoms with Gasteiger partial charge in [-0.15, -0.1) is 0 Å². The molecule has 1 aromatic rings. The Bertz CT molecular complexity index is 406. The molecule has 2 heterocycles. The largest absolute Gasteiger partial charge is 0.395 e. The van der Waals surface area contributed by atoms with Crippen LogP contribution in [0.4, 0.5) is 5.69 Å². The Morgan fingerprint density at radius 1 is 1.44 bits per heavy atom. The van der Waals surface area contributed by atoms with Gasteiger partial charge in [0.25, 0.3) is 5.91 Å². The van der Waals surface area contributed by atoms with Crippen molar-refractivity contribution in [2.45, 2.75) is 6.92 Å². The van der Waals surface area contributed by atoms with E-state index in [1.165, 1.54) is 0 Å². The lowest BCUT2D eigenvalue weighted by Crippen LogP contribution is -2.46. The highest BCUT2D eigenvalue weighted by atomic mass is 16.2. The fourth-order valence-corrected chi connectivity index (χ4v) is 1.80. The molecule has 1 fully saturated rings. The van der Waals surface area contributed by atoms with Crippen molar-refractivity contribution in [3.8, 4) is 0 Å². The minimum atomic E-state index is -0.0669. The number of aromatic nitrogens is 2. The molecule has 1 aromatic heterocycles. The molecular weight excluding hydrogens is 206 g/mol. The third-order valence-corrected chi connectivity index (χ3v) is 2.99. The van der Waals surface area contributed by atoms with Crippen molar-refractivity contribution in [2.24, 2.45) is 7.05 Å². The molecule has 1 amide bonds. The first-order valence-electron chi connectivity index (χ1n) is 5.40. The second kappa shape index (κ2) is 4.13. The number of amides is 1. The van der Waals surface area contributed by atoms with E-state index < -0.39 is 0 Å². The number of nitrogens with zero attached hydrogens (tertiary/aromatic N) is 3. The number of anilines is 1. The summed E-state index contributed by atoms with van der Waals surface area (Å²) in [6.45, 7) is 4.95. The van der Waals surface area contributed by atoms with Crippen molar-refractivity contribution in [1.29, 1.82) is 0 Å². The van der Waals surface area contributed by atoms with E-state index in [4.69, 9.17) is 5.73 Å². The number of piperazine rings is 1. The maximum absolute atomic E-state index is 12.1. The first-order valence-corrected chi connectivity index (χ1v) is 5.40. The summed E-state index contributed by atoms with van der Waals surface area (Å²) in [5, 5.41) is 7.37. The molecule has 88 valence electrons. The maximum Gasteiger partial charge on any atom is 0.276 e. The van der Waals surface area contributed by atoms with Crippen LogP contribution in [0.15, 0.2) is 0 Å². The van der Waals surface area contributed by atoms with Crippen molar-refractivity contribution in [3.63, 3.8) is 0 Å². The van der Waals surface area contributed by atoms with Crippen molar-refractivity contribution >= 4 is 11.6 Å². The van der Waals surface area contributed by atoms with Crippen LogP contribution in [0.3, 0.4) is 0 Å². The van der Waals surface area contributed by atoms with Gasteiger partial charge in [-0.3, -0.25) is 9.48 Å². The normalized spacial score (nSPS) is 16.5. The van der Waals surface area contributed by atoms with Gasteiger partial charge in [0.05, 0.1) is 11.4 Å². The highest BCUT2D eigenvalue weighted by Crippen LogP contribution is 2.17. The van der Waals surface area contributed by atoms with E-state index in [0.717, 1.165) is 18.8 Å². The smallest absolute Gasteiger partial charge is 0.276 e. The summed E-state index contributed by atoms with van der Waals surface area (Å²) in [4.78, 5) is 13.9. The summed E-state index contributed by atoms with van der Waals surface area (Å²) >= 11 is 0. The average molecular weight is 223 g/mol. The quantitative estimate of drug-likeness (QED) is 0.663. The SMILES string of the molecule is Cc1c(N)c(C(=O)N2CCNCC2)nn1C. The Kier molecular flexibility index (Phi) is 2.82. The number of aryl methyl sites for hydroxylation is 1. The maximum atomic E-state index is 12.1. The molecule has 0 unspecified atom stereocenters. The summed E-state index contributed by atoms with van der Waals surface area (Å²) in [7, 11) is 1.79. The van der Waals surface area contributed by atoms with Gasteiger partial charge in [0, 0.05) is 33.2 Å². The molecule has 3 N–H and O–H groups in total. The molecule has 0 aliphatic carbocycles. The summed E-state index contributed by atoms with van der Waals surface area (Å²) in [6, 6.07) is 0. The molecule has 0 saturated carbocycles. The van der Waals surface area contributed by atoms with Crippen LogP contribution in [0, 0.1) is 6.92 Å².